The molecule has 2 aliphatic rings. The zero-order valence-electron chi connectivity index (χ0n) is 24.3. The van der Waals surface area contributed by atoms with E-state index in [1.165, 1.54) is 51.2 Å². The average molecular weight is 564 g/mol. The van der Waals surface area contributed by atoms with Crippen LogP contribution in [0.5, 0.6) is 0 Å². The normalized spacial score (nSPS) is 15.5. The Hall–Kier alpha value is -4.16. The molecule has 7 rings (SSSR count). The Morgan fingerprint density at radius 2 is 1.24 bits per heavy atom. The van der Waals surface area contributed by atoms with Crippen LogP contribution in [-0.4, -0.2) is 38.0 Å². The van der Waals surface area contributed by atoms with Gasteiger partial charge >= 0.3 is 5.97 Å². The molecular formula is C36H37NO5. The van der Waals surface area contributed by atoms with Gasteiger partial charge in [0.15, 0.2) is 12.1 Å². The summed E-state index contributed by atoms with van der Waals surface area (Å²) < 4.78 is 5.02. The molecule has 6 nitrogen and oxygen atoms in total. The van der Waals surface area contributed by atoms with Crippen LogP contribution in [0.4, 0.5) is 0 Å². The third-order valence-electron chi connectivity index (χ3n) is 9.07. The molecule has 0 spiro atoms. The van der Waals surface area contributed by atoms with Crippen LogP contribution in [-0.2, 0) is 9.53 Å². The highest BCUT2D eigenvalue weighted by Gasteiger charge is 2.25. The summed E-state index contributed by atoms with van der Waals surface area (Å²) in [6, 6.07) is 16.3. The van der Waals surface area contributed by atoms with Crippen molar-refractivity contribution < 1.29 is 23.9 Å². The first kappa shape index (κ1) is 29.3. The van der Waals surface area contributed by atoms with Gasteiger partial charge in [0.1, 0.15) is 6.79 Å². The lowest BCUT2D eigenvalue weighted by molar-refractivity contribution is -0.0980. The molecule has 0 heterocycles. The van der Waals surface area contributed by atoms with E-state index < -0.39 is 5.97 Å². The summed E-state index contributed by atoms with van der Waals surface area (Å²) in [6.45, 7) is 3.64. The molecule has 0 aliphatic heterocycles. The van der Waals surface area contributed by atoms with E-state index >= 15 is 0 Å². The summed E-state index contributed by atoms with van der Waals surface area (Å²) in [4.78, 5) is 45.3. The van der Waals surface area contributed by atoms with E-state index in [0.29, 0.717) is 28.5 Å². The summed E-state index contributed by atoms with van der Waals surface area (Å²) in [5, 5.41) is 7.66. The van der Waals surface area contributed by atoms with E-state index in [1.807, 2.05) is 31.1 Å². The van der Waals surface area contributed by atoms with Crippen molar-refractivity contribution in [2.45, 2.75) is 70.3 Å². The molecule has 216 valence electrons. The Morgan fingerprint density at radius 3 is 1.74 bits per heavy atom. The molecule has 0 bridgehead atoms. The van der Waals surface area contributed by atoms with E-state index in [1.54, 1.807) is 19.1 Å². The van der Waals surface area contributed by atoms with Crippen LogP contribution in [0.25, 0.3) is 43.1 Å². The number of carbonyl (C=O) groups excluding carboxylic acids is 4. The Kier molecular flexibility index (Phi) is 8.64. The molecule has 0 unspecified atom stereocenters. The first-order valence-electron chi connectivity index (χ1n) is 14.7. The number of hydrogen-bond acceptors (Lipinski definition) is 6. The Labute approximate surface area is 245 Å². The predicted molar refractivity (Wildman–Crippen MR) is 169 cm³/mol. The standard InChI is InChI=1S/C30H24O4.C5H11N.CH2O/c1-16(32)19-9-11-23-21-8-7-18(15-31)26-25(30(33)34-2)14-13-22(28(21)26)24-12-10-20(27(19)29(23)24)17-5-3-4-6-17;6-5-3-1-2-4-5;1-2/h7-15,17H,3-6H2,1-2H3;5H,1-4,6H2;1H2. The lowest BCUT2D eigenvalue weighted by atomic mass is 9.82. The fourth-order valence-corrected chi connectivity index (χ4v) is 7.15. The smallest absolute Gasteiger partial charge is 0.338 e. The largest absolute Gasteiger partial charge is 0.465 e. The Balaban J connectivity index is 0.000000388. The number of benzene rings is 5. The number of Topliss-reactive ketones (excluding diaryl/α,β-unsaturated/α-hetero) is 1. The summed E-state index contributed by atoms with van der Waals surface area (Å²) in [5.41, 5.74) is 8.40. The number of ketones is 1. The molecule has 2 fully saturated rings. The minimum Gasteiger partial charge on any atom is -0.465 e. The maximum Gasteiger partial charge on any atom is 0.338 e. The third kappa shape index (κ3) is 4.94. The van der Waals surface area contributed by atoms with E-state index in [-0.39, 0.29) is 5.78 Å². The molecule has 42 heavy (non-hydrogen) atoms. The van der Waals surface area contributed by atoms with E-state index in [0.717, 1.165) is 62.4 Å². The van der Waals surface area contributed by atoms with E-state index in [4.69, 9.17) is 15.3 Å². The van der Waals surface area contributed by atoms with E-state index in [9.17, 15) is 14.4 Å². The van der Waals surface area contributed by atoms with Gasteiger partial charge in [0.25, 0.3) is 0 Å². The maximum atomic E-state index is 12.7. The first-order valence-corrected chi connectivity index (χ1v) is 14.7. The summed E-state index contributed by atoms with van der Waals surface area (Å²) in [5.74, 6) is 0.0606. The second kappa shape index (κ2) is 12.4. The number of nitrogens with two attached hydrogens (primary N) is 1. The van der Waals surface area contributed by atoms with Gasteiger partial charge in [-0.2, -0.15) is 0 Å². The number of methoxy groups -OCH3 is 1. The maximum absolute atomic E-state index is 12.7. The van der Waals surface area contributed by atoms with Crippen molar-refractivity contribution in [2.75, 3.05) is 7.11 Å². The van der Waals surface area contributed by atoms with Gasteiger partial charge < -0.3 is 15.3 Å². The van der Waals surface area contributed by atoms with E-state index in [2.05, 4.69) is 12.1 Å². The molecule has 5 aromatic rings. The van der Waals surface area contributed by atoms with Gasteiger partial charge in [-0.15, -0.1) is 0 Å². The molecule has 0 saturated heterocycles. The number of hydrogen-bond donors (Lipinski definition) is 1. The fraction of sp³-hybridized carbons (Fsp3) is 0.333. The van der Waals surface area contributed by atoms with Crippen LogP contribution in [0.15, 0.2) is 48.5 Å². The molecule has 6 heteroatoms. The number of fused-ring (bicyclic) bond motifs is 2. The van der Waals surface area contributed by atoms with Crippen molar-refractivity contribution in [3.05, 3.63) is 70.8 Å². The molecule has 0 atom stereocenters. The third-order valence-corrected chi connectivity index (χ3v) is 9.07. The Bertz CT molecular complexity index is 1770. The van der Waals surface area contributed by atoms with Gasteiger partial charge in [0, 0.05) is 22.6 Å². The van der Waals surface area contributed by atoms with Crippen LogP contribution in [0.3, 0.4) is 0 Å². The molecule has 0 aromatic heterocycles. The topological polar surface area (TPSA) is 104 Å². The van der Waals surface area contributed by atoms with Gasteiger partial charge in [-0.3, -0.25) is 9.59 Å². The van der Waals surface area contributed by atoms with Gasteiger partial charge in [0.2, 0.25) is 0 Å². The van der Waals surface area contributed by atoms with Gasteiger partial charge in [-0.25, -0.2) is 4.79 Å². The lowest BCUT2D eigenvalue weighted by Gasteiger charge is -2.21. The van der Waals surface area contributed by atoms with Crippen molar-refractivity contribution in [2.24, 2.45) is 5.73 Å². The predicted octanol–water partition coefficient (Wildman–Crippen LogP) is 7.90. The second-order valence-corrected chi connectivity index (χ2v) is 11.4. The van der Waals surface area contributed by atoms with Crippen molar-refractivity contribution in [3.8, 4) is 0 Å². The molecule has 0 amide bonds. The number of rotatable bonds is 4. The van der Waals surface area contributed by atoms with Gasteiger partial charge in [-0.05, 0) is 87.9 Å². The van der Waals surface area contributed by atoms with Crippen molar-refractivity contribution in [1.82, 2.24) is 0 Å². The molecular weight excluding hydrogens is 526 g/mol. The first-order chi connectivity index (χ1) is 20.4. The van der Waals surface area contributed by atoms with Crippen molar-refractivity contribution >= 4 is 67.9 Å². The Morgan fingerprint density at radius 1 is 0.738 bits per heavy atom. The zero-order valence-corrected chi connectivity index (χ0v) is 24.3. The average Bonchev–Trinajstić information content (AvgIpc) is 3.74. The van der Waals surface area contributed by atoms with Gasteiger partial charge in [-0.1, -0.05) is 68.1 Å². The van der Waals surface area contributed by atoms with Crippen molar-refractivity contribution in [3.63, 3.8) is 0 Å². The number of carbonyl (C=O) groups is 4. The number of esters is 1. The minimum atomic E-state index is -0.466. The lowest BCUT2D eigenvalue weighted by Crippen LogP contribution is -2.13. The monoisotopic (exact) mass is 563 g/mol. The molecule has 0 radical (unpaired) electrons. The van der Waals surface area contributed by atoms with Crippen LogP contribution in [0.2, 0.25) is 0 Å². The fourth-order valence-electron chi connectivity index (χ4n) is 7.15. The quantitative estimate of drug-likeness (QED) is 0.0784. The molecule has 2 saturated carbocycles. The van der Waals surface area contributed by atoms with Crippen LogP contribution < -0.4 is 5.73 Å². The summed E-state index contributed by atoms with van der Waals surface area (Å²) >= 11 is 0. The highest BCUT2D eigenvalue weighted by Crippen LogP contribution is 2.46. The second-order valence-electron chi connectivity index (χ2n) is 11.4. The highest BCUT2D eigenvalue weighted by molar-refractivity contribution is 6.37. The van der Waals surface area contributed by atoms with Crippen molar-refractivity contribution in [1.29, 1.82) is 0 Å². The molecule has 5 aromatic carbocycles. The zero-order chi connectivity index (χ0) is 30.0. The number of ether oxygens (including phenoxy) is 1. The number of aldehydes is 1. The summed E-state index contributed by atoms with van der Waals surface area (Å²) in [6.07, 6.45) is 10.8. The molecule has 2 aliphatic carbocycles. The summed E-state index contributed by atoms with van der Waals surface area (Å²) in [7, 11) is 1.35. The van der Waals surface area contributed by atoms with Crippen LogP contribution in [0, 0.1) is 0 Å². The minimum absolute atomic E-state index is 0.0660. The highest BCUT2D eigenvalue weighted by atomic mass is 16.5. The van der Waals surface area contributed by atoms with Crippen LogP contribution in [0.1, 0.15) is 101 Å². The molecule has 2 N–H and O–H groups in total. The SMILES string of the molecule is C=O.COC(=O)c1ccc2c3ccc(C4CCCC4)c4c(C(C)=O)ccc(c5ccc(C=O)c1c52)c43.NC1CCCC1. The van der Waals surface area contributed by atoms with Gasteiger partial charge in [0.05, 0.1) is 12.7 Å². The van der Waals surface area contributed by atoms with Crippen LogP contribution >= 0.6 is 0 Å².